The lowest BCUT2D eigenvalue weighted by atomic mass is 9.81. The first-order valence-electron chi connectivity index (χ1n) is 33.4. The Kier molecular flexibility index (Phi) is 2.66. The van der Waals surface area contributed by atoms with E-state index in [-0.39, 0.29) is 27.6 Å². The highest BCUT2D eigenvalue weighted by molar-refractivity contribution is 6.07. The van der Waals surface area contributed by atoms with E-state index in [1.54, 1.807) is 0 Å². The molecule has 2 aliphatic rings. The second-order valence-corrected chi connectivity index (χ2v) is 12.7. The van der Waals surface area contributed by atoms with Gasteiger partial charge < -0.3 is 4.42 Å². The summed E-state index contributed by atoms with van der Waals surface area (Å²) in [5.41, 5.74) is -20.4. The van der Waals surface area contributed by atoms with Gasteiger partial charge in [0.15, 0.2) is 5.58 Å². The van der Waals surface area contributed by atoms with Crippen LogP contribution in [0.1, 0.15) is 96.3 Å². The van der Waals surface area contributed by atoms with Crippen LogP contribution in [0, 0.1) is 0 Å². The molecule has 2 aliphatic carbocycles. The predicted octanol–water partition coefficient (Wildman–Crippen LogP) is 13.7. The van der Waals surface area contributed by atoms with E-state index in [1.807, 2.05) is 0 Å². The van der Waals surface area contributed by atoms with E-state index in [0.717, 1.165) is 6.33 Å². The average molecular weight is 741 g/mol. The highest BCUT2D eigenvalue weighted by atomic mass is 16.3. The van der Waals surface area contributed by atoms with Crippen molar-refractivity contribution in [2.45, 2.75) is 38.2 Å². The molecule has 3 heteroatoms. The maximum atomic E-state index is 9.64. The number of aromatic nitrogens is 2. The second kappa shape index (κ2) is 11.5. The van der Waals surface area contributed by atoms with Crippen molar-refractivity contribution in [3.63, 3.8) is 0 Å². The van der Waals surface area contributed by atoms with Gasteiger partial charge >= 0.3 is 0 Å². The third-order valence-corrected chi connectivity index (χ3v) is 9.53. The smallest absolute Gasteiger partial charge is 0.180 e. The molecule has 0 aliphatic heterocycles. The van der Waals surface area contributed by atoms with Crippen LogP contribution in [0.3, 0.4) is 0 Å². The number of nitrogens with zero attached hydrogens (tertiary/aromatic N) is 2. The first kappa shape index (κ1) is 12.7. The molecule has 11 rings (SSSR count). The van der Waals surface area contributed by atoms with Crippen molar-refractivity contribution < 1.29 is 51.0 Å². The summed E-state index contributed by atoms with van der Waals surface area (Å²) in [6.45, 7) is -15.2. The number of fused-ring (bicyclic) bond motifs is 9. The zero-order valence-electron chi connectivity index (χ0n) is 61.6. The van der Waals surface area contributed by atoms with Crippen LogP contribution in [-0.2, 0) is 10.8 Å². The monoisotopic (exact) mass is 741 g/mol. The number of benzene rings is 7. The Hall–Kier alpha value is -6.58. The van der Waals surface area contributed by atoms with Crippen LogP contribution >= 0.6 is 0 Å². The van der Waals surface area contributed by atoms with Crippen molar-refractivity contribution >= 4 is 22.1 Å². The molecule has 0 N–H and O–H groups in total. The highest BCUT2D eigenvalue weighted by Gasteiger charge is 2.36. The number of furan rings is 1. The van der Waals surface area contributed by atoms with Crippen LogP contribution in [0.5, 0.6) is 0 Å². The van der Waals surface area contributed by atoms with E-state index >= 15 is 0 Å². The van der Waals surface area contributed by atoms with E-state index in [2.05, 4.69) is 9.97 Å². The molecule has 0 unspecified atom stereocenters. The minimum Gasteiger partial charge on any atom is -0.452 e. The summed E-state index contributed by atoms with van der Waals surface area (Å²) in [4.78, 5) is 8.58. The van der Waals surface area contributed by atoms with Crippen LogP contribution < -0.4 is 0 Å². The van der Waals surface area contributed by atoms with E-state index in [9.17, 15) is 11.0 Å². The van der Waals surface area contributed by atoms with Crippen molar-refractivity contribution in [1.82, 2.24) is 9.97 Å². The Labute approximate surface area is 368 Å². The first-order chi connectivity index (χ1) is 41.0. The van der Waals surface area contributed by atoms with Crippen LogP contribution in [0.2, 0.25) is 0 Å². The van der Waals surface area contributed by atoms with E-state index in [4.69, 9.17) is 40.1 Å². The van der Waals surface area contributed by atoms with E-state index < -0.39 is 255 Å². The lowest BCUT2D eigenvalue weighted by Crippen LogP contribution is -2.14. The van der Waals surface area contributed by atoms with Gasteiger partial charge in [0.2, 0.25) is 0 Å². The zero-order chi connectivity index (χ0) is 66.2. The van der Waals surface area contributed by atoms with Crippen molar-refractivity contribution in [2.75, 3.05) is 0 Å². The van der Waals surface area contributed by atoms with Crippen LogP contribution in [0.15, 0.2) is 162 Å². The quantitative estimate of drug-likeness (QED) is 0.180. The zero-order valence-corrected chi connectivity index (χ0v) is 27.6. The summed E-state index contributed by atoms with van der Waals surface area (Å²) in [6.07, 6.45) is 0.897. The summed E-state index contributed by atoms with van der Waals surface area (Å²) in [5, 5.41) is -0.0190. The molecule has 0 fully saturated rings. The van der Waals surface area contributed by atoms with Gasteiger partial charge in [0.05, 0.1) is 30.2 Å². The van der Waals surface area contributed by atoms with E-state index in [0.29, 0.717) is 0 Å². The Balaban J connectivity index is 1.14. The third-order valence-electron chi connectivity index (χ3n) is 9.53. The average Bonchev–Trinajstić information content (AvgIpc) is 1.53. The molecule has 55 heavy (non-hydrogen) atoms. The van der Waals surface area contributed by atoms with Gasteiger partial charge in [-0.15, -0.1) is 0 Å². The fraction of sp³-hybridized carbons (Fsp3) is 0.115. The number of hydrogen-bond donors (Lipinski definition) is 0. The normalized spacial score (nSPS) is 24.2. The molecule has 0 amide bonds. The first-order valence-corrected chi connectivity index (χ1v) is 16.4. The maximum Gasteiger partial charge on any atom is 0.180 e. The van der Waals surface area contributed by atoms with Crippen LogP contribution in [-0.4, -0.2) is 9.97 Å². The minimum atomic E-state index is -3.82. The lowest BCUT2D eigenvalue weighted by molar-refractivity contribution is 0.660. The molecule has 0 bridgehead atoms. The molecule has 7 aromatic carbocycles. The van der Waals surface area contributed by atoms with Crippen molar-refractivity contribution in [1.29, 1.82) is 0 Å². The van der Waals surface area contributed by atoms with Crippen LogP contribution in [0.4, 0.5) is 0 Å². The van der Waals surface area contributed by atoms with Crippen molar-refractivity contribution in [3.8, 4) is 66.9 Å². The molecule has 262 valence electrons. The molecular weight excluding hydrogens is 669 g/mol. The molecule has 3 nitrogen and oxygen atoms in total. The van der Waals surface area contributed by atoms with Gasteiger partial charge in [-0.3, -0.25) is 0 Å². The molecule has 0 atom stereocenters. The highest BCUT2D eigenvalue weighted by Crippen LogP contribution is 2.51. The SMILES string of the molecule is [2H]c1c([2H])c(-c2ccc3oc4c(-c5c([2H])c([2H])c([2H])c(-c6c([2H])c([2H])c7c(c6[2H])C(C([2H])([2H])[2H])(C([2H])([2H])[2H])c6c([2H])c([2H])c([2H])c([2H])c6-7)c5[2H])ncnc4c3c2)c([2H])c(-c2c([2H])c([2H])c3c(c2[2H])C(C([2H])([2H])[2H])(C([2H])([2H])[2H])c2c([2H])c([2H])c([2H])c([2H])c2-3)c1[2H]. The second-order valence-electron chi connectivity index (χ2n) is 12.7. The Bertz CT molecular complexity index is 4730. The maximum absolute atomic E-state index is 9.64. The molecule has 2 heterocycles. The van der Waals surface area contributed by atoms with Gasteiger partial charge in [-0.25, -0.2) is 9.97 Å². The Morgan fingerprint density at radius 1 is 0.491 bits per heavy atom. The lowest BCUT2D eigenvalue weighted by Gasteiger charge is -2.22. The number of hydrogen-bond acceptors (Lipinski definition) is 3. The van der Waals surface area contributed by atoms with Gasteiger partial charge in [0, 0.05) is 38.2 Å². The molecular formula is C52H38N2O. The predicted molar refractivity (Wildman–Crippen MR) is 226 cm³/mol. The van der Waals surface area contributed by atoms with E-state index in [1.165, 1.54) is 18.2 Å². The van der Waals surface area contributed by atoms with Crippen LogP contribution in [0.25, 0.3) is 89.0 Å². The molecule has 0 radical (unpaired) electrons. The number of rotatable bonds is 4. The molecule has 9 aromatic rings. The summed E-state index contributed by atoms with van der Waals surface area (Å²) >= 11 is 0. The Morgan fingerprint density at radius 2 is 1.02 bits per heavy atom. The standard InChI is InChI=1S/C52H38N2O/c1-51(2)43-17-7-5-15-38(43)40-22-19-35(28-45(40)51)32-12-9-11-31(25-32)34-21-24-47-42(27-34)49-50(55-47)48(53-30-54-49)37-14-10-13-33(26-37)36-20-23-41-39-16-6-8-18-44(39)52(3,4)46(41)29-36/h5-30H,1-4H3/i1D3,2D3,3D3,4D3,5D,6D,7D,8D,9D,10D,11D,12D,13D,14D,15D,16D,17D,18D,19D,20D,22D,23D,25D,26D,28D,29D. The fourth-order valence-electron chi connectivity index (χ4n) is 6.92. The summed E-state index contributed by atoms with van der Waals surface area (Å²) in [7, 11) is 0. The molecule has 2 aromatic heterocycles. The third kappa shape index (κ3) is 4.69. The van der Waals surface area contributed by atoms with Gasteiger partial charge in [-0.2, -0.15) is 0 Å². The summed E-state index contributed by atoms with van der Waals surface area (Å²) in [5.74, 6) is 0. The summed E-state index contributed by atoms with van der Waals surface area (Å²) < 4.78 is 310. The van der Waals surface area contributed by atoms with Crippen molar-refractivity contribution in [2.24, 2.45) is 0 Å². The minimum absolute atomic E-state index is 0.0190. The van der Waals surface area contributed by atoms with Gasteiger partial charge in [0.25, 0.3) is 0 Å². The Morgan fingerprint density at radius 3 is 1.64 bits per heavy atom. The van der Waals surface area contributed by atoms with Gasteiger partial charge in [-0.1, -0.05) is 142 Å². The summed E-state index contributed by atoms with van der Waals surface area (Å²) in [6, 6.07) is -18.8. The van der Waals surface area contributed by atoms with Gasteiger partial charge in [0.1, 0.15) is 23.1 Å². The van der Waals surface area contributed by atoms with Gasteiger partial charge in [-0.05, 0) is 114 Å². The largest absolute Gasteiger partial charge is 0.452 e. The van der Waals surface area contributed by atoms with Crippen molar-refractivity contribution in [3.05, 3.63) is 180 Å². The fourth-order valence-corrected chi connectivity index (χ4v) is 6.92. The topological polar surface area (TPSA) is 38.9 Å². The molecule has 0 saturated carbocycles. The molecule has 0 saturated heterocycles. The molecule has 0 spiro atoms.